The molecule has 1 aliphatic carbocycles. The van der Waals surface area contributed by atoms with Gasteiger partial charge in [0.15, 0.2) is 5.65 Å². The number of hydrogen-bond donors (Lipinski definition) is 3. The summed E-state index contributed by atoms with van der Waals surface area (Å²) in [6.07, 6.45) is 6.54. The van der Waals surface area contributed by atoms with E-state index in [2.05, 4.69) is 20.7 Å². The van der Waals surface area contributed by atoms with Gasteiger partial charge in [-0.05, 0) is 38.2 Å². The second-order valence-corrected chi connectivity index (χ2v) is 8.01. The normalized spacial score (nSPS) is 18.6. The van der Waals surface area contributed by atoms with Crippen molar-refractivity contribution in [2.24, 2.45) is 11.7 Å². The molecule has 2 heterocycles. The smallest absolute Gasteiger partial charge is 0.255 e. The number of carbonyl (C=O) groups is 2. The van der Waals surface area contributed by atoms with Gasteiger partial charge in [-0.3, -0.25) is 9.59 Å². The minimum Gasteiger partial charge on any atom is -0.381 e. The lowest BCUT2D eigenvalue weighted by Crippen LogP contribution is -2.33. The third kappa shape index (κ3) is 4.52. The zero-order chi connectivity index (χ0) is 21.8. The molecule has 4 N–H and O–H groups in total. The molecule has 0 radical (unpaired) electrons. The van der Waals surface area contributed by atoms with Crippen molar-refractivity contribution in [3.8, 4) is 0 Å². The average molecular weight is 421 g/mol. The summed E-state index contributed by atoms with van der Waals surface area (Å²) >= 11 is 0. The number of aryl methyl sites for hydroxylation is 1. The Labute approximate surface area is 181 Å². The van der Waals surface area contributed by atoms with Crippen LogP contribution in [0.4, 0.5) is 5.69 Å². The van der Waals surface area contributed by atoms with Crippen molar-refractivity contribution >= 4 is 28.5 Å². The molecule has 4 rings (SSSR count). The predicted octanol–water partition coefficient (Wildman–Crippen LogP) is 2.84. The van der Waals surface area contributed by atoms with Crippen molar-refractivity contribution in [2.45, 2.75) is 51.7 Å². The Kier molecular flexibility index (Phi) is 6.16. The monoisotopic (exact) mass is 420 g/mol. The summed E-state index contributed by atoms with van der Waals surface area (Å²) in [6, 6.07) is 9.95. The van der Waals surface area contributed by atoms with Gasteiger partial charge >= 0.3 is 0 Å². The van der Waals surface area contributed by atoms with Crippen molar-refractivity contribution in [1.29, 1.82) is 0 Å². The molecule has 162 valence electrons. The van der Waals surface area contributed by atoms with Crippen LogP contribution < -0.4 is 16.4 Å². The number of aromatic nitrogens is 3. The molecule has 1 fully saturated rings. The third-order valence-electron chi connectivity index (χ3n) is 5.98. The molecule has 0 atom stereocenters. The largest absolute Gasteiger partial charge is 0.381 e. The predicted molar refractivity (Wildman–Crippen MR) is 119 cm³/mol. The molecule has 0 aliphatic heterocycles. The number of hydrogen-bond acceptors (Lipinski definition) is 5. The number of benzene rings is 1. The Hall–Kier alpha value is -3.42. The topological polar surface area (TPSA) is 115 Å². The Bertz CT molecular complexity index is 1070. The first-order valence-electron chi connectivity index (χ1n) is 10.8. The Balaban J connectivity index is 1.59. The van der Waals surface area contributed by atoms with E-state index in [1.807, 2.05) is 41.9 Å². The van der Waals surface area contributed by atoms with Crippen LogP contribution in [-0.4, -0.2) is 32.6 Å². The van der Waals surface area contributed by atoms with E-state index in [9.17, 15) is 9.59 Å². The second kappa shape index (κ2) is 9.16. The van der Waals surface area contributed by atoms with Crippen LogP contribution >= 0.6 is 0 Å². The SMILES string of the molecule is CCn1ncc2c(NC3CCC(C(N)=O)CC3)c(C(=O)NCc3ccccc3)cnc21. The second-order valence-electron chi connectivity index (χ2n) is 8.01. The molecule has 1 aliphatic rings. The standard InChI is InChI=1S/C23H28N6O2/c1-2-29-22-18(14-27-29)20(28-17-10-8-16(9-11-17)21(24)30)19(13-25-22)23(31)26-12-15-6-4-3-5-7-15/h3-7,13-14,16-17H,2,8-12H2,1H3,(H2,24,30)(H,25,28)(H,26,31). The molecule has 31 heavy (non-hydrogen) atoms. The number of fused-ring (bicyclic) bond motifs is 1. The van der Waals surface area contributed by atoms with E-state index in [1.54, 1.807) is 12.4 Å². The molecule has 0 unspecified atom stereocenters. The average Bonchev–Trinajstić information content (AvgIpc) is 3.22. The first kappa shape index (κ1) is 20.8. The summed E-state index contributed by atoms with van der Waals surface area (Å²) in [6.45, 7) is 3.14. The summed E-state index contributed by atoms with van der Waals surface area (Å²) in [4.78, 5) is 29.1. The molecule has 8 heteroatoms. The van der Waals surface area contributed by atoms with E-state index in [0.717, 1.165) is 48.0 Å². The zero-order valence-corrected chi connectivity index (χ0v) is 17.7. The van der Waals surface area contributed by atoms with Gasteiger partial charge < -0.3 is 16.4 Å². The first-order valence-corrected chi connectivity index (χ1v) is 10.8. The Morgan fingerprint density at radius 1 is 1.13 bits per heavy atom. The van der Waals surface area contributed by atoms with E-state index in [1.165, 1.54) is 0 Å². The number of anilines is 1. The van der Waals surface area contributed by atoms with Gasteiger partial charge in [0.25, 0.3) is 5.91 Å². The highest BCUT2D eigenvalue weighted by molar-refractivity contribution is 6.06. The molecular formula is C23H28N6O2. The van der Waals surface area contributed by atoms with Crippen molar-refractivity contribution in [3.05, 3.63) is 53.9 Å². The minimum atomic E-state index is -0.227. The van der Waals surface area contributed by atoms with Crippen molar-refractivity contribution in [2.75, 3.05) is 5.32 Å². The number of primary amides is 1. The quantitative estimate of drug-likeness (QED) is 0.544. The van der Waals surface area contributed by atoms with Crippen LogP contribution in [0, 0.1) is 5.92 Å². The van der Waals surface area contributed by atoms with Gasteiger partial charge in [0.2, 0.25) is 5.91 Å². The van der Waals surface area contributed by atoms with E-state index in [-0.39, 0.29) is 23.8 Å². The van der Waals surface area contributed by atoms with E-state index in [0.29, 0.717) is 18.7 Å². The molecule has 2 amide bonds. The zero-order valence-electron chi connectivity index (χ0n) is 17.7. The summed E-state index contributed by atoms with van der Waals surface area (Å²) in [5.41, 5.74) is 8.49. The number of nitrogens with two attached hydrogens (primary N) is 1. The van der Waals surface area contributed by atoms with Gasteiger partial charge in [0, 0.05) is 31.2 Å². The summed E-state index contributed by atoms with van der Waals surface area (Å²) in [5.74, 6) is -0.474. The number of amides is 2. The maximum absolute atomic E-state index is 13.1. The lowest BCUT2D eigenvalue weighted by atomic mass is 9.85. The molecule has 0 saturated heterocycles. The molecule has 0 bridgehead atoms. The molecular weight excluding hydrogens is 392 g/mol. The van der Waals surface area contributed by atoms with Crippen LogP contribution in [0.2, 0.25) is 0 Å². The van der Waals surface area contributed by atoms with Crippen LogP contribution in [0.1, 0.15) is 48.5 Å². The molecule has 2 aromatic heterocycles. The van der Waals surface area contributed by atoms with Gasteiger partial charge in [0.1, 0.15) is 0 Å². The number of nitrogens with one attached hydrogen (secondary N) is 2. The molecule has 3 aromatic rings. The lowest BCUT2D eigenvalue weighted by molar-refractivity contribution is -0.122. The molecule has 8 nitrogen and oxygen atoms in total. The Morgan fingerprint density at radius 2 is 1.87 bits per heavy atom. The van der Waals surface area contributed by atoms with Crippen LogP contribution in [0.15, 0.2) is 42.7 Å². The maximum atomic E-state index is 13.1. The van der Waals surface area contributed by atoms with Gasteiger partial charge in [-0.25, -0.2) is 9.67 Å². The van der Waals surface area contributed by atoms with Crippen molar-refractivity contribution < 1.29 is 9.59 Å². The summed E-state index contributed by atoms with van der Waals surface area (Å²) < 4.78 is 1.82. The molecule has 1 aromatic carbocycles. The van der Waals surface area contributed by atoms with Gasteiger partial charge in [-0.15, -0.1) is 0 Å². The minimum absolute atomic E-state index is 0.0630. The number of carbonyl (C=O) groups excluding carboxylic acids is 2. The van der Waals surface area contributed by atoms with Gasteiger partial charge in [-0.1, -0.05) is 30.3 Å². The number of nitrogens with zero attached hydrogens (tertiary/aromatic N) is 3. The van der Waals surface area contributed by atoms with Gasteiger partial charge in [0.05, 0.1) is 22.8 Å². The van der Waals surface area contributed by atoms with Gasteiger partial charge in [-0.2, -0.15) is 5.10 Å². The fourth-order valence-electron chi connectivity index (χ4n) is 4.19. The molecule has 0 spiro atoms. The van der Waals surface area contributed by atoms with Crippen LogP contribution in [0.25, 0.3) is 11.0 Å². The number of pyridine rings is 1. The summed E-state index contributed by atoms with van der Waals surface area (Å²) in [7, 11) is 0. The highest BCUT2D eigenvalue weighted by Gasteiger charge is 2.27. The van der Waals surface area contributed by atoms with E-state index in [4.69, 9.17) is 5.73 Å². The molecule has 1 saturated carbocycles. The van der Waals surface area contributed by atoms with Crippen molar-refractivity contribution in [1.82, 2.24) is 20.1 Å². The highest BCUT2D eigenvalue weighted by Crippen LogP contribution is 2.31. The van der Waals surface area contributed by atoms with E-state index >= 15 is 0 Å². The highest BCUT2D eigenvalue weighted by atomic mass is 16.2. The van der Waals surface area contributed by atoms with E-state index < -0.39 is 0 Å². The lowest BCUT2D eigenvalue weighted by Gasteiger charge is -2.29. The maximum Gasteiger partial charge on any atom is 0.255 e. The van der Waals surface area contributed by atoms with Crippen molar-refractivity contribution in [3.63, 3.8) is 0 Å². The fraction of sp³-hybridized carbons (Fsp3) is 0.391. The third-order valence-corrected chi connectivity index (χ3v) is 5.98. The summed E-state index contributed by atoms with van der Waals surface area (Å²) in [5, 5.41) is 11.8. The number of rotatable bonds is 7. The van der Waals surface area contributed by atoms with Crippen LogP contribution in [0.3, 0.4) is 0 Å². The first-order chi connectivity index (χ1) is 15.1. The van der Waals surface area contributed by atoms with Crippen LogP contribution in [-0.2, 0) is 17.9 Å². The van der Waals surface area contributed by atoms with Crippen LogP contribution in [0.5, 0.6) is 0 Å². The Morgan fingerprint density at radius 3 is 2.55 bits per heavy atom. The fourth-order valence-corrected chi connectivity index (χ4v) is 4.19.